The van der Waals surface area contributed by atoms with Gasteiger partial charge in [-0.25, -0.2) is 0 Å². The van der Waals surface area contributed by atoms with Crippen LogP contribution >= 0.6 is 0 Å². The van der Waals surface area contributed by atoms with Gasteiger partial charge in [0.1, 0.15) is 5.60 Å². The first-order chi connectivity index (χ1) is 8.59. The van der Waals surface area contributed by atoms with E-state index in [0.717, 1.165) is 34.5 Å². The molecule has 0 saturated heterocycles. The van der Waals surface area contributed by atoms with Gasteiger partial charge < -0.3 is 10.8 Å². The van der Waals surface area contributed by atoms with E-state index in [1.54, 1.807) is 6.20 Å². The van der Waals surface area contributed by atoms with Gasteiger partial charge in [-0.15, -0.1) is 0 Å². The summed E-state index contributed by atoms with van der Waals surface area (Å²) in [6.07, 6.45) is 3.31. The van der Waals surface area contributed by atoms with Gasteiger partial charge in [-0.2, -0.15) is 0 Å². The Kier molecular flexibility index (Phi) is 2.38. The van der Waals surface area contributed by atoms with E-state index >= 15 is 0 Å². The second-order valence-corrected chi connectivity index (χ2v) is 4.97. The number of nitrogens with two attached hydrogens (primary N) is 1. The molecular formula is C15H16N2O. The lowest BCUT2D eigenvalue weighted by atomic mass is 9.89. The van der Waals surface area contributed by atoms with Gasteiger partial charge >= 0.3 is 0 Å². The number of benzene rings is 1. The van der Waals surface area contributed by atoms with Gasteiger partial charge in [0.05, 0.1) is 0 Å². The third-order valence-corrected chi connectivity index (χ3v) is 3.72. The fourth-order valence-electron chi connectivity index (χ4n) is 2.69. The van der Waals surface area contributed by atoms with Gasteiger partial charge in [0.15, 0.2) is 0 Å². The number of anilines is 1. The quantitative estimate of drug-likeness (QED) is 0.751. The molecule has 1 aliphatic carbocycles. The van der Waals surface area contributed by atoms with Crippen LogP contribution in [0.3, 0.4) is 0 Å². The summed E-state index contributed by atoms with van der Waals surface area (Å²) in [5, 5.41) is 10.9. The molecule has 0 fully saturated rings. The number of hydrogen-bond acceptors (Lipinski definition) is 3. The maximum absolute atomic E-state index is 10.9. The molecule has 18 heavy (non-hydrogen) atoms. The Morgan fingerprint density at radius 3 is 2.83 bits per heavy atom. The van der Waals surface area contributed by atoms with E-state index in [1.165, 1.54) is 0 Å². The first-order valence-electron chi connectivity index (χ1n) is 6.14. The fourth-order valence-corrected chi connectivity index (χ4v) is 2.69. The van der Waals surface area contributed by atoms with Crippen LogP contribution in [0, 0.1) is 6.92 Å². The molecule has 0 bridgehead atoms. The molecule has 3 rings (SSSR count). The van der Waals surface area contributed by atoms with Crippen LogP contribution in [0.1, 0.15) is 28.8 Å². The largest absolute Gasteiger partial charge is 0.399 e. The molecule has 3 heteroatoms. The van der Waals surface area contributed by atoms with E-state index in [4.69, 9.17) is 5.73 Å². The number of aryl methyl sites for hydroxylation is 2. The van der Waals surface area contributed by atoms with Crippen LogP contribution in [-0.2, 0) is 12.0 Å². The summed E-state index contributed by atoms with van der Waals surface area (Å²) in [5.74, 6) is 0. The van der Waals surface area contributed by atoms with Gasteiger partial charge in [-0.05, 0) is 49.1 Å². The number of aromatic nitrogens is 1. The molecule has 2 aromatic rings. The Labute approximate surface area is 106 Å². The molecule has 1 aliphatic rings. The van der Waals surface area contributed by atoms with E-state index in [-0.39, 0.29) is 0 Å². The van der Waals surface area contributed by atoms with E-state index in [9.17, 15) is 5.11 Å². The number of nitrogen functional groups attached to an aromatic ring is 1. The molecule has 0 spiro atoms. The highest BCUT2D eigenvalue weighted by Crippen LogP contribution is 2.42. The highest BCUT2D eigenvalue weighted by molar-refractivity contribution is 5.52. The monoisotopic (exact) mass is 240 g/mol. The first kappa shape index (κ1) is 11.2. The number of aliphatic hydroxyl groups is 1. The standard InChI is InChI=1S/C15H16N2O/c1-10-2-3-12(9-17-10)15(18)7-6-11-8-13(16)4-5-14(11)15/h2-5,8-9,18H,6-7,16H2,1H3. The van der Waals surface area contributed by atoms with Crippen molar-refractivity contribution in [2.45, 2.75) is 25.4 Å². The van der Waals surface area contributed by atoms with Crippen LogP contribution in [0.4, 0.5) is 5.69 Å². The molecule has 1 aromatic carbocycles. The van der Waals surface area contributed by atoms with Crippen LogP contribution < -0.4 is 5.73 Å². The first-order valence-corrected chi connectivity index (χ1v) is 6.14. The predicted molar refractivity (Wildman–Crippen MR) is 71.1 cm³/mol. The van der Waals surface area contributed by atoms with Crippen molar-refractivity contribution >= 4 is 5.69 Å². The average molecular weight is 240 g/mol. The molecule has 1 aromatic heterocycles. The van der Waals surface area contributed by atoms with Crippen molar-refractivity contribution in [3.8, 4) is 0 Å². The van der Waals surface area contributed by atoms with Gasteiger partial charge in [0, 0.05) is 23.1 Å². The minimum Gasteiger partial charge on any atom is -0.399 e. The van der Waals surface area contributed by atoms with Crippen LogP contribution in [-0.4, -0.2) is 10.1 Å². The number of rotatable bonds is 1. The topological polar surface area (TPSA) is 59.1 Å². The number of hydrogen-bond donors (Lipinski definition) is 2. The smallest absolute Gasteiger partial charge is 0.117 e. The molecule has 1 unspecified atom stereocenters. The Balaban J connectivity index is 2.11. The Hall–Kier alpha value is -1.87. The Morgan fingerprint density at radius 2 is 2.11 bits per heavy atom. The third kappa shape index (κ3) is 1.59. The lowest BCUT2D eigenvalue weighted by Crippen LogP contribution is -2.24. The van der Waals surface area contributed by atoms with Gasteiger partial charge in [-0.3, -0.25) is 4.98 Å². The molecule has 0 amide bonds. The summed E-state index contributed by atoms with van der Waals surface area (Å²) in [6, 6.07) is 9.61. The van der Waals surface area contributed by atoms with Crippen molar-refractivity contribution in [3.05, 3.63) is 58.9 Å². The zero-order valence-corrected chi connectivity index (χ0v) is 10.4. The second kappa shape index (κ2) is 3.82. The molecule has 0 saturated carbocycles. The summed E-state index contributed by atoms with van der Waals surface area (Å²) in [4.78, 5) is 4.27. The number of nitrogens with zero attached hydrogens (tertiary/aromatic N) is 1. The Bertz CT molecular complexity index is 592. The van der Waals surface area contributed by atoms with Crippen molar-refractivity contribution < 1.29 is 5.11 Å². The maximum atomic E-state index is 10.9. The summed E-state index contributed by atoms with van der Waals surface area (Å²) >= 11 is 0. The number of pyridine rings is 1. The van der Waals surface area contributed by atoms with Crippen molar-refractivity contribution in [1.29, 1.82) is 0 Å². The number of fused-ring (bicyclic) bond motifs is 1. The van der Waals surface area contributed by atoms with E-state index < -0.39 is 5.60 Å². The van der Waals surface area contributed by atoms with Crippen molar-refractivity contribution in [3.63, 3.8) is 0 Å². The highest BCUT2D eigenvalue weighted by Gasteiger charge is 2.38. The molecule has 3 N–H and O–H groups in total. The van der Waals surface area contributed by atoms with E-state index in [1.807, 2.05) is 37.3 Å². The molecule has 0 aliphatic heterocycles. The summed E-state index contributed by atoms with van der Waals surface area (Å²) < 4.78 is 0. The maximum Gasteiger partial charge on any atom is 0.117 e. The van der Waals surface area contributed by atoms with Gasteiger partial charge in [-0.1, -0.05) is 12.1 Å². The third-order valence-electron chi connectivity index (χ3n) is 3.72. The molecular weight excluding hydrogens is 224 g/mol. The zero-order valence-electron chi connectivity index (χ0n) is 10.4. The predicted octanol–water partition coefficient (Wildman–Crippen LogP) is 2.15. The van der Waals surface area contributed by atoms with Crippen LogP contribution in [0.5, 0.6) is 0 Å². The minimum absolute atomic E-state index is 0.691. The average Bonchev–Trinajstić information content (AvgIpc) is 2.68. The highest BCUT2D eigenvalue weighted by atomic mass is 16.3. The van der Waals surface area contributed by atoms with Gasteiger partial charge in [0.25, 0.3) is 0 Å². The molecule has 3 nitrogen and oxygen atoms in total. The normalized spacial score (nSPS) is 21.9. The van der Waals surface area contributed by atoms with E-state index in [2.05, 4.69) is 4.98 Å². The van der Waals surface area contributed by atoms with Crippen LogP contribution in [0.15, 0.2) is 36.5 Å². The van der Waals surface area contributed by atoms with Crippen molar-refractivity contribution in [2.75, 3.05) is 5.73 Å². The van der Waals surface area contributed by atoms with E-state index in [0.29, 0.717) is 6.42 Å². The van der Waals surface area contributed by atoms with Gasteiger partial charge in [0.2, 0.25) is 0 Å². The SMILES string of the molecule is Cc1ccc(C2(O)CCc3cc(N)ccc32)cn1. The fraction of sp³-hybridized carbons (Fsp3) is 0.267. The lowest BCUT2D eigenvalue weighted by Gasteiger charge is -2.24. The molecule has 0 radical (unpaired) electrons. The molecule has 1 atom stereocenters. The zero-order chi connectivity index (χ0) is 12.8. The molecule has 1 heterocycles. The van der Waals surface area contributed by atoms with Crippen LogP contribution in [0.2, 0.25) is 0 Å². The summed E-state index contributed by atoms with van der Waals surface area (Å²) in [7, 11) is 0. The molecule has 92 valence electrons. The van der Waals surface area contributed by atoms with Crippen molar-refractivity contribution in [2.24, 2.45) is 0 Å². The minimum atomic E-state index is -0.913. The lowest BCUT2D eigenvalue weighted by molar-refractivity contribution is 0.0825. The Morgan fingerprint density at radius 1 is 1.28 bits per heavy atom. The van der Waals surface area contributed by atoms with Crippen LogP contribution in [0.25, 0.3) is 0 Å². The summed E-state index contributed by atoms with van der Waals surface area (Å²) in [6.45, 7) is 1.94. The summed E-state index contributed by atoms with van der Waals surface area (Å²) in [5.41, 5.74) is 9.53. The second-order valence-electron chi connectivity index (χ2n) is 4.97. The van der Waals surface area contributed by atoms with Crippen molar-refractivity contribution in [1.82, 2.24) is 4.98 Å².